The Morgan fingerprint density at radius 2 is 2.25 bits per heavy atom. The molecule has 0 unspecified atom stereocenters. The zero-order valence-electron chi connectivity index (χ0n) is 10.9. The highest BCUT2D eigenvalue weighted by Gasteiger charge is 2.08. The quantitative estimate of drug-likeness (QED) is 0.846. The summed E-state index contributed by atoms with van der Waals surface area (Å²) in [6.45, 7) is 0.308. The van der Waals surface area contributed by atoms with E-state index in [1.807, 2.05) is 12.1 Å². The van der Waals surface area contributed by atoms with Crippen molar-refractivity contribution in [1.29, 1.82) is 0 Å². The standard InChI is InChI=1S/C13H14ClN3O3/c1-20-13(19)8-15-12(18)4-5-17-11-3-2-10(14)6-9(11)7-16-17/h2-3,6-7H,4-5,8H2,1H3,(H,15,18). The molecule has 1 N–H and O–H groups in total. The van der Waals surface area contributed by atoms with Crippen molar-refractivity contribution in [2.75, 3.05) is 13.7 Å². The Kier molecular flexibility index (Phi) is 4.57. The zero-order valence-corrected chi connectivity index (χ0v) is 11.7. The third-order valence-corrected chi connectivity index (χ3v) is 3.05. The first-order valence-corrected chi connectivity index (χ1v) is 6.42. The number of nitrogens with one attached hydrogen (secondary N) is 1. The predicted molar refractivity (Wildman–Crippen MR) is 74.4 cm³/mol. The van der Waals surface area contributed by atoms with Crippen LogP contribution in [0.4, 0.5) is 0 Å². The highest BCUT2D eigenvalue weighted by molar-refractivity contribution is 6.31. The van der Waals surface area contributed by atoms with Gasteiger partial charge in [0.1, 0.15) is 6.54 Å². The van der Waals surface area contributed by atoms with Gasteiger partial charge in [0.25, 0.3) is 0 Å². The monoisotopic (exact) mass is 295 g/mol. The summed E-state index contributed by atoms with van der Waals surface area (Å²) in [4.78, 5) is 22.5. The maximum atomic E-state index is 11.6. The van der Waals surface area contributed by atoms with E-state index in [9.17, 15) is 9.59 Å². The third kappa shape index (κ3) is 3.48. The van der Waals surface area contributed by atoms with E-state index < -0.39 is 5.97 Å². The maximum absolute atomic E-state index is 11.6. The fraction of sp³-hybridized carbons (Fsp3) is 0.308. The fourth-order valence-electron chi connectivity index (χ4n) is 1.77. The summed E-state index contributed by atoms with van der Waals surface area (Å²) in [5.41, 5.74) is 0.912. The van der Waals surface area contributed by atoms with Gasteiger partial charge in [0.05, 0.1) is 25.4 Å². The number of fused-ring (bicyclic) bond motifs is 1. The number of hydrogen-bond donors (Lipinski definition) is 1. The van der Waals surface area contributed by atoms with E-state index in [0.717, 1.165) is 10.9 Å². The Labute approximate surface area is 120 Å². The third-order valence-electron chi connectivity index (χ3n) is 2.81. The van der Waals surface area contributed by atoms with Crippen LogP contribution in [-0.4, -0.2) is 35.3 Å². The Hall–Kier alpha value is -2.08. The van der Waals surface area contributed by atoms with Crippen molar-refractivity contribution in [3.05, 3.63) is 29.4 Å². The van der Waals surface area contributed by atoms with E-state index in [4.69, 9.17) is 11.6 Å². The van der Waals surface area contributed by atoms with Crippen LogP contribution >= 0.6 is 11.6 Å². The minimum atomic E-state index is -0.475. The SMILES string of the molecule is COC(=O)CNC(=O)CCn1ncc2cc(Cl)ccc21. The molecule has 0 bridgehead atoms. The average Bonchev–Trinajstić information content (AvgIpc) is 2.84. The summed E-state index contributed by atoms with van der Waals surface area (Å²) in [5.74, 6) is -0.703. The maximum Gasteiger partial charge on any atom is 0.325 e. The molecule has 0 saturated heterocycles. The van der Waals surface area contributed by atoms with Crippen LogP contribution in [0.2, 0.25) is 5.02 Å². The smallest absolute Gasteiger partial charge is 0.325 e. The first-order valence-electron chi connectivity index (χ1n) is 6.05. The van der Waals surface area contributed by atoms with Gasteiger partial charge < -0.3 is 10.1 Å². The Morgan fingerprint density at radius 3 is 3.00 bits per heavy atom. The van der Waals surface area contributed by atoms with Gasteiger partial charge in [-0.05, 0) is 18.2 Å². The number of nitrogens with zero attached hydrogens (tertiary/aromatic N) is 2. The first-order chi connectivity index (χ1) is 9.60. The fourth-order valence-corrected chi connectivity index (χ4v) is 1.96. The average molecular weight is 296 g/mol. The van der Waals surface area contributed by atoms with Crippen LogP contribution in [-0.2, 0) is 20.9 Å². The molecule has 2 rings (SSSR count). The molecular formula is C13H14ClN3O3. The predicted octanol–water partition coefficient (Wildman–Crippen LogP) is 1.37. The van der Waals surface area contributed by atoms with Gasteiger partial charge in [0.15, 0.2) is 0 Å². The van der Waals surface area contributed by atoms with Gasteiger partial charge in [-0.1, -0.05) is 11.6 Å². The second kappa shape index (κ2) is 6.38. The summed E-state index contributed by atoms with van der Waals surface area (Å²) < 4.78 is 6.16. The molecule has 1 aromatic carbocycles. The molecule has 1 amide bonds. The molecule has 6 nitrogen and oxygen atoms in total. The molecule has 20 heavy (non-hydrogen) atoms. The number of carbonyl (C=O) groups is 2. The molecule has 0 atom stereocenters. The van der Waals surface area contributed by atoms with Gasteiger partial charge in [0, 0.05) is 16.8 Å². The molecule has 106 valence electrons. The lowest BCUT2D eigenvalue weighted by Crippen LogP contribution is -2.30. The van der Waals surface area contributed by atoms with E-state index in [0.29, 0.717) is 11.6 Å². The molecule has 0 aliphatic heterocycles. The Bertz CT molecular complexity index is 639. The summed E-state index contributed by atoms with van der Waals surface area (Å²) in [6, 6.07) is 5.45. The Balaban J connectivity index is 1.92. The molecule has 0 fully saturated rings. The van der Waals surface area contributed by atoms with Crippen LogP contribution in [0.3, 0.4) is 0 Å². The van der Waals surface area contributed by atoms with Gasteiger partial charge in [0.2, 0.25) is 5.91 Å². The number of amides is 1. The van der Waals surface area contributed by atoms with E-state index >= 15 is 0 Å². The minimum Gasteiger partial charge on any atom is -0.468 e. The molecule has 7 heteroatoms. The van der Waals surface area contributed by atoms with E-state index in [2.05, 4.69) is 15.2 Å². The summed E-state index contributed by atoms with van der Waals surface area (Å²) in [5, 5.41) is 8.25. The molecular weight excluding hydrogens is 282 g/mol. The number of ether oxygens (including phenoxy) is 1. The highest BCUT2D eigenvalue weighted by atomic mass is 35.5. The van der Waals surface area contributed by atoms with E-state index in [-0.39, 0.29) is 18.9 Å². The van der Waals surface area contributed by atoms with Gasteiger partial charge in [-0.15, -0.1) is 0 Å². The topological polar surface area (TPSA) is 73.2 Å². The summed E-state index contributed by atoms with van der Waals surface area (Å²) >= 11 is 5.90. The normalized spacial score (nSPS) is 10.5. The number of esters is 1. The number of hydrogen-bond acceptors (Lipinski definition) is 4. The first kappa shape index (κ1) is 14.3. The molecule has 0 aliphatic rings. The number of carbonyl (C=O) groups excluding carboxylic acids is 2. The van der Waals surface area contributed by atoms with Crippen LogP contribution < -0.4 is 5.32 Å². The van der Waals surface area contributed by atoms with Gasteiger partial charge in [-0.3, -0.25) is 14.3 Å². The number of aryl methyl sites for hydroxylation is 1. The lowest BCUT2D eigenvalue weighted by atomic mass is 10.2. The number of benzene rings is 1. The number of aromatic nitrogens is 2. The Morgan fingerprint density at radius 1 is 1.45 bits per heavy atom. The van der Waals surface area contributed by atoms with Crippen LogP contribution in [0.1, 0.15) is 6.42 Å². The number of halogens is 1. The van der Waals surface area contributed by atoms with Crippen molar-refractivity contribution in [1.82, 2.24) is 15.1 Å². The van der Waals surface area contributed by atoms with Crippen molar-refractivity contribution >= 4 is 34.4 Å². The van der Waals surface area contributed by atoms with Gasteiger partial charge >= 0.3 is 5.97 Å². The van der Waals surface area contributed by atoms with Crippen LogP contribution in [0.25, 0.3) is 10.9 Å². The molecule has 1 aromatic heterocycles. The summed E-state index contributed by atoms with van der Waals surface area (Å²) in [7, 11) is 1.27. The number of rotatable bonds is 5. The highest BCUT2D eigenvalue weighted by Crippen LogP contribution is 2.18. The van der Waals surface area contributed by atoms with Crippen molar-refractivity contribution in [2.24, 2.45) is 0 Å². The molecule has 0 saturated carbocycles. The van der Waals surface area contributed by atoms with Gasteiger partial charge in [-0.25, -0.2) is 0 Å². The van der Waals surface area contributed by atoms with E-state index in [1.54, 1.807) is 16.9 Å². The second-order valence-corrected chi connectivity index (χ2v) is 4.61. The molecule has 0 radical (unpaired) electrons. The van der Waals surface area contributed by atoms with Crippen molar-refractivity contribution in [3.8, 4) is 0 Å². The summed E-state index contributed by atoms with van der Waals surface area (Å²) in [6.07, 6.45) is 1.93. The molecule has 1 heterocycles. The number of methoxy groups -OCH3 is 1. The van der Waals surface area contributed by atoms with Crippen LogP contribution in [0.5, 0.6) is 0 Å². The van der Waals surface area contributed by atoms with Crippen molar-refractivity contribution in [2.45, 2.75) is 13.0 Å². The lowest BCUT2D eigenvalue weighted by molar-refractivity contribution is -0.141. The lowest BCUT2D eigenvalue weighted by Gasteiger charge is -2.05. The largest absolute Gasteiger partial charge is 0.468 e. The zero-order chi connectivity index (χ0) is 14.5. The van der Waals surface area contributed by atoms with E-state index in [1.165, 1.54) is 7.11 Å². The molecule has 0 aliphatic carbocycles. The molecule has 2 aromatic rings. The minimum absolute atomic E-state index is 0.120. The van der Waals surface area contributed by atoms with Crippen molar-refractivity contribution < 1.29 is 14.3 Å². The van der Waals surface area contributed by atoms with Gasteiger partial charge in [-0.2, -0.15) is 5.10 Å². The second-order valence-electron chi connectivity index (χ2n) is 4.17. The van der Waals surface area contributed by atoms with Crippen LogP contribution in [0, 0.1) is 0 Å². The van der Waals surface area contributed by atoms with Crippen molar-refractivity contribution in [3.63, 3.8) is 0 Å². The van der Waals surface area contributed by atoms with Crippen LogP contribution in [0.15, 0.2) is 24.4 Å². The molecule has 0 spiro atoms.